The number of fused-ring (bicyclic) bond motifs is 1. The summed E-state index contributed by atoms with van der Waals surface area (Å²) >= 11 is 0. The molecular weight excluding hydrogens is 380 g/mol. The van der Waals surface area contributed by atoms with Crippen molar-refractivity contribution in [3.63, 3.8) is 0 Å². The van der Waals surface area contributed by atoms with Gasteiger partial charge >= 0.3 is 0 Å². The van der Waals surface area contributed by atoms with Crippen LogP contribution in [0.2, 0.25) is 0 Å². The minimum absolute atomic E-state index is 0.0464. The average Bonchev–Trinajstić information content (AvgIpc) is 3.02. The number of benzene rings is 2. The van der Waals surface area contributed by atoms with E-state index in [2.05, 4.69) is 15.0 Å². The number of hydrazone groups is 1. The van der Waals surface area contributed by atoms with Crippen LogP contribution in [0.15, 0.2) is 52.0 Å². The number of aryl methyl sites for hydroxylation is 1. The highest BCUT2D eigenvalue weighted by Crippen LogP contribution is 2.25. The number of carbonyl (C=O) groups is 1. The molecule has 0 aliphatic carbocycles. The normalized spacial score (nSPS) is 15.0. The van der Waals surface area contributed by atoms with Crippen molar-refractivity contribution in [3.8, 4) is 0 Å². The first-order valence-corrected chi connectivity index (χ1v) is 10.1. The number of para-hydroxylation sites is 2. The molecule has 1 saturated heterocycles. The molecule has 3 aromatic rings. The van der Waals surface area contributed by atoms with Gasteiger partial charge in [-0.05, 0) is 44.5 Å². The van der Waals surface area contributed by atoms with Crippen LogP contribution < -0.4 is 15.9 Å². The number of amides is 1. The molecule has 1 amide bonds. The van der Waals surface area contributed by atoms with E-state index in [9.17, 15) is 4.79 Å². The predicted octanol–water partition coefficient (Wildman–Crippen LogP) is 3.17. The topological polar surface area (TPSA) is 91.2 Å². The molecule has 0 atom stereocenters. The Hall–Kier alpha value is -3.39. The Labute approximate surface area is 175 Å². The minimum atomic E-state index is -0.0464. The highest BCUT2D eigenvalue weighted by molar-refractivity contribution is 6.00. The number of rotatable bonds is 4. The lowest BCUT2D eigenvalue weighted by molar-refractivity contribution is 0.0767. The summed E-state index contributed by atoms with van der Waals surface area (Å²) in [6.45, 7) is 6.41. The quantitative estimate of drug-likeness (QED) is 0.407. The van der Waals surface area contributed by atoms with Crippen LogP contribution in [0, 0.1) is 6.92 Å². The lowest BCUT2D eigenvalue weighted by atomic mass is 10.1. The SMILES string of the molecule is C/C=N\N(N)c1ccc(C)cc1C(=O)N1CCCN(c2nc3ccccc3o2)CC1. The van der Waals surface area contributed by atoms with E-state index in [1.54, 1.807) is 13.1 Å². The molecule has 0 bridgehead atoms. The van der Waals surface area contributed by atoms with Crippen LogP contribution in [0.5, 0.6) is 0 Å². The molecule has 156 valence electrons. The van der Waals surface area contributed by atoms with Crippen molar-refractivity contribution < 1.29 is 9.21 Å². The molecule has 4 rings (SSSR count). The molecule has 30 heavy (non-hydrogen) atoms. The van der Waals surface area contributed by atoms with Gasteiger partial charge < -0.3 is 14.2 Å². The molecule has 2 aromatic carbocycles. The number of nitrogens with two attached hydrogens (primary N) is 1. The van der Waals surface area contributed by atoms with Gasteiger partial charge in [0.25, 0.3) is 11.9 Å². The number of anilines is 2. The number of nitrogens with zero attached hydrogens (tertiary/aromatic N) is 5. The highest BCUT2D eigenvalue weighted by atomic mass is 16.4. The van der Waals surface area contributed by atoms with Gasteiger partial charge in [-0.25, -0.2) is 5.84 Å². The Bertz CT molecular complexity index is 1040. The average molecular weight is 406 g/mol. The molecule has 1 aromatic heterocycles. The van der Waals surface area contributed by atoms with Crippen LogP contribution in [0.25, 0.3) is 11.1 Å². The van der Waals surface area contributed by atoms with Crippen LogP contribution >= 0.6 is 0 Å². The smallest absolute Gasteiger partial charge is 0.298 e. The maximum absolute atomic E-state index is 13.4. The van der Waals surface area contributed by atoms with Crippen molar-refractivity contribution in [3.05, 3.63) is 53.6 Å². The van der Waals surface area contributed by atoms with E-state index in [1.807, 2.05) is 54.3 Å². The summed E-state index contributed by atoms with van der Waals surface area (Å²) in [7, 11) is 0. The molecule has 0 radical (unpaired) electrons. The van der Waals surface area contributed by atoms with Gasteiger partial charge in [-0.3, -0.25) is 4.79 Å². The van der Waals surface area contributed by atoms with Crippen LogP contribution in [0.1, 0.15) is 29.3 Å². The van der Waals surface area contributed by atoms with Crippen LogP contribution in [-0.4, -0.2) is 48.2 Å². The largest absolute Gasteiger partial charge is 0.423 e. The molecule has 8 heteroatoms. The van der Waals surface area contributed by atoms with Gasteiger partial charge in [0.1, 0.15) is 5.52 Å². The van der Waals surface area contributed by atoms with E-state index >= 15 is 0 Å². The van der Waals surface area contributed by atoms with Crippen LogP contribution in [0.3, 0.4) is 0 Å². The number of hydrazine groups is 1. The van der Waals surface area contributed by atoms with Gasteiger partial charge in [0.15, 0.2) is 5.58 Å². The highest BCUT2D eigenvalue weighted by Gasteiger charge is 2.25. The lowest BCUT2D eigenvalue weighted by Crippen LogP contribution is -2.36. The second kappa shape index (κ2) is 8.54. The second-order valence-electron chi connectivity index (χ2n) is 7.34. The van der Waals surface area contributed by atoms with Gasteiger partial charge in [0, 0.05) is 32.4 Å². The van der Waals surface area contributed by atoms with Crippen molar-refractivity contribution in [1.82, 2.24) is 9.88 Å². The maximum Gasteiger partial charge on any atom is 0.298 e. The molecule has 0 spiro atoms. The summed E-state index contributed by atoms with van der Waals surface area (Å²) in [5.41, 5.74) is 3.75. The number of hydrogen-bond donors (Lipinski definition) is 1. The summed E-state index contributed by atoms with van der Waals surface area (Å²) < 4.78 is 5.91. The minimum Gasteiger partial charge on any atom is -0.423 e. The zero-order valence-electron chi connectivity index (χ0n) is 17.3. The Morgan fingerprint density at radius 2 is 2.03 bits per heavy atom. The molecular formula is C22H26N6O2. The van der Waals surface area contributed by atoms with Crippen molar-refractivity contribution in [1.29, 1.82) is 0 Å². The van der Waals surface area contributed by atoms with Crippen LogP contribution in [0.4, 0.5) is 11.7 Å². The third kappa shape index (κ3) is 3.99. The number of aromatic nitrogens is 1. The van der Waals surface area contributed by atoms with Gasteiger partial charge in [-0.1, -0.05) is 23.8 Å². The summed E-state index contributed by atoms with van der Waals surface area (Å²) in [6.07, 6.45) is 2.42. The summed E-state index contributed by atoms with van der Waals surface area (Å²) in [4.78, 5) is 21.9. The van der Waals surface area contributed by atoms with Gasteiger partial charge in [0.05, 0.1) is 11.3 Å². The standard InChI is InChI=1S/C22H26N6O2/c1-3-24-28(23)19-10-9-16(2)15-17(19)21(29)26-11-6-12-27(14-13-26)22-25-18-7-4-5-8-20(18)30-22/h3-5,7-10,15H,6,11-14,23H2,1-2H3/b24-3-. The van der Waals surface area contributed by atoms with E-state index in [1.165, 1.54) is 5.12 Å². The first kappa shape index (κ1) is 19.9. The monoisotopic (exact) mass is 406 g/mol. The third-order valence-corrected chi connectivity index (χ3v) is 5.21. The van der Waals surface area contributed by atoms with E-state index in [4.69, 9.17) is 10.3 Å². The van der Waals surface area contributed by atoms with Gasteiger partial charge in [0.2, 0.25) is 0 Å². The first-order chi connectivity index (χ1) is 14.6. The molecule has 1 aliphatic heterocycles. The number of oxazole rings is 1. The van der Waals surface area contributed by atoms with E-state index in [-0.39, 0.29) is 5.91 Å². The molecule has 0 saturated carbocycles. The molecule has 0 unspecified atom stereocenters. The number of carbonyl (C=O) groups excluding carboxylic acids is 1. The van der Waals surface area contributed by atoms with Crippen molar-refractivity contribution >= 4 is 34.9 Å². The van der Waals surface area contributed by atoms with Crippen molar-refractivity contribution in [2.75, 3.05) is 36.2 Å². The Morgan fingerprint density at radius 3 is 2.83 bits per heavy atom. The lowest BCUT2D eigenvalue weighted by Gasteiger charge is -2.24. The number of hydrogen-bond acceptors (Lipinski definition) is 7. The van der Waals surface area contributed by atoms with E-state index < -0.39 is 0 Å². The molecule has 8 nitrogen and oxygen atoms in total. The fourth-order valence-corrected chi connectivity index (χ4v) is 3.69. The van der Waals surface area contributed by atoms with Crippen molar-refractivity contribution in [2.24, 2.45) is 10.9 Å². The molecule has 1 fully saturated rings. The fraction of sp³-hybridized carbons (Fsp3) is 0.318. The zero-order chi connectivity index (χ0) is 21.1. The summed E-state index contributed by atoms with van der Waals surface area (Å²) in [6, 6.07) is 14.0. The van der Waals surface area contributed by atoms with Crippen LogP contribution in [-0.2, 0) is 0 Å². The molecule has 2 N–H and O–H groups in total. The Balaban J connectivity index is 1.53. The van der Waals surface area contributed by atoms with E-state index in [0.29, 0.717) is 36.9 Å². The second-order valence-corrected chi connectivity index (χ2v) is 7.34. The Kier molecular flexibility index (Phi) is 5.67. The summed E-state index contributed by atoms with van der Waals surface area (Å²) in [5, 5.41) is 5.34. The van der Waals surface area contributed by atoms with Crippen molar-refractivity contribution in [2.45, 2.75) is 20.3 Å². The maximum atomic E-state index is 13.4. The molecule has 1 aliphatic rings. The Morgan fingerprint density at radius 1 is 1.20 bits per heavy atom. The first-order valence-electron chi connectivity index (χ1n) is 10.1. The fourth-order valence-electron chi connectivity index (χ4n) is 3.69. The zero-order valence-corrected chi connectivity index (χ0v) is 17.3. The third-order valence-electron chi connectivity index (χ3n) is 5.21. The van der Waals surface area contributed by atoms with Gasteiger partial charge in [-0.15, -0.1) is 0 Å². The summed E-state index contributed by atoms with van der Waals surface area (Å²) in [5.74, 6) is 5.98. The predicted molar refractivity (Wildman–Crippen MR) is 119 cm³/mol. The molecule has 2 heterocycles. The van der Waals surface area contributed by atoms with Gasteiger partial charge in [-0.2, -0.15) is 15.2 Å². The van der Waals surface area contributed by atoms with E-state index in [0.717, 1.165) is 29.6 Å².